The van der Waals surface area contributed by atoms with Crippen LogP contribution in [0.1, 0.15) is 25.0 Å². The van der Waals surface area contributed by atoms with Crippen LogP contribution in [0.15, 0.2) is 103 Å². The molecule has 0 N–H and O–H groups in total. The van der Waals surface area contributed by atoms with E-state index in [-0.39, 0.29) is 5.41 Å². The smallest absolute Gasteiger partial charge is 0.235 e. The lowest BCUT2D eigenvalue weighted by Gasteiger charge is -2.24. The predicted octanol–water partition coefficient (Wildman–Crippen LogP) is 8.19. The van der Waals surface area contributed by atoms with Gasteiger partial charge in [0.25, 0.3) is 0 Å². The molecule has 0 amide bonds. The molecule has 170 valence electrons. The maximum Gasteiger partial charge on any atom is 0.235 e. The Morgan fingerprint density at radius 3 is 2.19 bits per heavy atom. The first-order chi connectivity index (χ1) is 17.6. The molecule has 1 aliphatic carbocycles. The first kappa shape index (κ1) is 19.8. The van der Waals surface area contributed by atoms with Gasteiger partial charge >= 0.3 is 0 Å². The van der Waals surface area contributed by atoms with Crippen molar-refractivity contribution in [2.24, 2.45) is 0 Å². The molecule has 2 heterocycles. The number of benzene rings is 5. The van der Waals surface area contributed by atoms with Gasteiger partial charge < -0.3 is 0 Å². The lowest BCUT2D eigenvalue weighted by Crippen LogP contribution is -2.16. The van der Waals surface area contributed by atoms with Crippen LogP contribution >= 0.6 is 0 Å². The van der Waals surface area contributed by atoms with E-state index in [1.165, 1.54) is 43.8 Å². The fourth-order valence-corrected chi connectivity index (χ4v) is 6.51. The Balaban J connectivity index is 1.51. The maximum absolute atomic E-state index is 4.98. The van der Waals surface area contributed by atoms with Crippen LogP contribution in [0.3, 0.4) is 0 Å². The molecular weight excluding hydrogens is 438 g/mol. The number of rotatable bonds is 1. The minimum Gasteiger partial charge on any atom is -0.278 e. The first-order valence-electron chi connectivity index (χ1n) is 12.4. The molecule has 0 radical (unpaired) electrons. The zero-order chi connectivity index (χ0) is 24.0. The van der Waals surface area contributed by atoms with Gasteiger partial charge in [0.05, 0.1) is 16.6 Å². The molecular formula is C33H23N3. The standard InChI is InChI=1S/C33H23N3/c1-33(2)30-22-11-5-3-9-20(22)15-16-23(30)24-17-18-28-29(31(24)33)25-12-6-8-14-27(25)36(28)32-34-19-21-10-4-7-13-26(21)35-32/h3-19H,1-2H3. The van der Waals surface area contributed by atoms with Crippen LogP contribution in [0.4, 0.5) is 0 Å². The highest BCUT2D eigenvalue weighted by Gasteiger charge is 2.39. The molecule has 8 rings (SSSR count). The van der Waals surface area contributed by atoms with Crippen molar-refractivity contribution in [3.63, 3.8) is 0 Å². The summed E-state index contributed by atoms with van der Waals surface area (Å²) in [6, 6.07) is 34.7. The van der Waals surface area contributed by atoms with Crippen molar-refractivity contribution in [2.75, 3.05) is 0 Å². The van der Waals surface area contributed by atoms with E-state index in [9.17, 15) is 0 Å². The average Bonchev–Trinajstić information content (AvgIpc) is 3.37. The summed E-state index contributed by atoms with van der Waals surface area (Å²) in [5.41, 5.74) is 8.57. The van der Waals surface area contributed by atoms with E-state index in [1.807, 2.05) is 18.3 Å². The summed E-state index contributed by atoms with van der Waals surface area (Å²) in [4.78, 5) is 9.79. The Kier molecular flexibility index (Phi) is 3.73. The quantitative estimate of drug-likeness (QED) is 0.247. The van der Waals surface area contributed by atoms with Crippen LogP contribution in [0.5, 0.6) is 0 Å². The molecule has 5 aromatic carbocycles. The minimum absolute atomic E-state index is 0.149. The van der Waals surface area contributed by atoms with Crippen molar-refractivity contribution >= 4 is 43.5 Å². The third-order valence-electron chi connectivity index (χ3n) is 7.98. The van der Waals surface area contributed by atoms with Crippen LogP contribution in [-0.2, 0) is 5.41 Å². The second-order valence-corrected chi connectivity index (χ2v) is 10.3. The highest BCUT2D eigenvalue weighted by Crippen LogP contribution is 2.55. The van der Waals surface area contributed by atoms with Crippen LogP contribution in [-0.4, -0.2) is 14.5 Å². The average molecular weight is 462 g/mol. The van der Waals surface area contributed by atoms with Gasteiger partial charge in [-0.05, 0) is 51.2 Å². The highest BCUT2D eigenvalue weighted by molar-refractivity contribution is 6.15. The summed E-state index contributed by atoms with van der Waals surface area (Å²) in [6.07, 6.45) is 1.93. The molecule has 2 aromatic heterocycles. The number of hydrogen-bond acceptors (Lipinski definition) is 2. The minimum atomic E-state index is -0.149. The summed E-state index contributed by atoms with van der Waals surface area (Å²) in [7, 11) is 0. The molecule has 1 aliphatic rings. The first-order valence-corrected chi connectivity index (χ1v) is 12.4. The number of fused-ring (bicyclic) bond motifs is 10. The normalized spacial score (nSPS) is 14.1. The molecule has 7 aromatic rings. The van der Waals surface area contributed by atoms with Crippen molar-refractivity contribution in [2.45, 2.75) is 19.3 Å². The van der Waals surface area contributed by atoms with Gasteiger partial charge in [0.1, 0.15) is 0 Å². The fraction of sp³-hybridized carbons (Fsp3) is 0.0909. The Labute approximate surface area is 208 Å². The van der Waals surface area contributed by atoms with Gasteiger partial charge in [-0.15, -0.1) is 0 Å². The van der Waals surface area contributed by atoms with Gasteiger partial charge in [-0.3, -0.25) is 4.57 Å². The Morgan fingerprint density at radius 1 is 0.611 bits per heavy atom. The lowest BCUT2D eigenvalue weighted by atomic mass is 9.78. The molecule has 36 heavy (non-hydrogen) atoms. The van der Waals surface area contributed by atoms with Gasteiger partial charge in [-0.2, -0.15) is 0 Å². The number of para-hydroxylation sites is 2. The third-order valence-corrected chi connectivity index (χ3v) is 7.98. The van der Waals surface area contributed by atoms with E-state index < -0.39 is 0 Å². The van der Waals surface area contributed by atoms with Crippen LogP contribution in [0.2, 0.25) is 0 Å². The Morgan fingerprint density at radius 2 is 1.31 bits per heavy atom. The Bertz CT molecular complexity index is 2030. The molecule has 0 bridgehead atoms. The van der Waals surface area contributed by atoms with Crippen molar-refractivity contribution in [3.8, 4) is 17.1 Å². The Hall–Kier alpha value is -4.50. The van der Waals surface area contributed by atoms with Gasteiger partial charge in [0, 0.05) is 27.8 Å². The van der Waals surface area contributed by atoms with Gasteiger partial charge in [0.2, 0.25) is 5.95 Å². The fourth-order valence-electron chi connectivity index (χ4n) is 6.51. The van der Waals surface area contributed by atoms with E-state index in [1.54, 1.807) is 0 Å². The molecule has 0 saturated heterocycles. The molecule has 0 spiro atoms. The zero-order valence-electron chi connectivity index (χ0n) is 20.2. The van der Waals surface area contributed by atoms with Gasteiger partial charge in [0.15, 0.2) is 0 Å². The molecule has 0 atom stereocenters. The largest absolute Gasteiger partial charge is 0.278 e. The predicted molar refractivity (Wildman–Crippen MR) is 149 cm³/mol. The molecule has 0 fully saturated rings. The summed E-state index contributed by atoms with van der Waals surface area (Å²) in [5, 5.41) is 6.22. The third kappa shape index (κ3) is 2.42. The monoisotopic (exact) mass is 461 g/mol. The summed E-state index contributed by atoms with van der Waals surface area (Å²) in [5.74, 6) is 0.707. The molecule has 3 heteroatoms. The number of nitrogens with zero attached hydrogens (tertiary/aromatic N) is 3. The summed E-state index contributed by atoms with van der Waals surface area (Å²) >= 11 is 0. The van der Waals surface area contributed by atoms with Crippen LogP contribution < -0.4 is 0 Å². The molecule has 0 saturated carbocycles. The molecule has 0 unspecified atom stereocenters. The van der Waals surface area contributed by atoms with E-state index >= 15 is 0 Å². The van der Waals surface area contributed by atoms with E-state index in [0.29, 0.717) is 5.95 Å². The van der Waals surface area contributed by atoms with Crippen molar-refractivity contribution in [1.29, 1.82) is 0 Å². The lowest BCUT2D eigenvalue weighted by molar-refractivity contribution is 0.672. The second-order valence-electron chi connectivity index (χ2n) is 10.3. The SMILES string of the molecule is CC1(C)c2c(ccc3ccccc23)-c2ccc3c(c21)c1ccccc1n3-c1ncc2ccccc2n1. The van der Waals surface area contributed by atoms with E-state index in [4.69, 9.17) is 9.97 Å². The van der Waals surface area contributed by atoms with E-state index in [0.717, 1.165) is 21.9 Å². The molecule has 0 aliphatic heterocycles. The van der Waals surface area contributed by atoms with E-state index in [2.05, 4.69) is 103 Å². The topological polar surface area (TPSA) is 30.7 Å². The maximum atomic E-state index is 4.98. The van der Waals surface area contributed by atoms with Gasteiger partial charge in [-0.25, -0.2) is 9.97 Å². The van der Waals surface area contributed by atoms with Crippen LogP contribution in [0, 0.1) is 0 Å². The van der Waals surface area contributed by atoms with Crippen molar-refractivity contribution in [3.05, 3.63) is 114 Å². The van der Waals surface area contributed by atoms with Crippen molar-refractivity contribution in [1.82, 2.24) is 14.5 Å². The second kappa shape index (κ2) is 6.79. The highest BCUT2D eigenvalue weighted by atomic mass is 15.2. The van der Waals surface area contributed by atoms with Crippen LogP contribution in [0.25, 0.3) is 60.6 Å². The number of aromatic nitrogens is 3. The van der Waals surface area contributed by atoms with Crippen molar-refractivity contribution < 1.29 is 0 Å². The summed E-state index contributed by atoms with van der Waals surface area (Å²) in [6.45, 7) is 4.75. The summed E-state index contributed by atoms with van der Waals surface area (Å²) < 4.78 is 2.23. The number of hydrogen-bond donors (Lipinski definition) is 0. The zero-order valence-corrected chi connectivity index (χ0v) is 20.2. The van der Waals surface area contributed by atoms with Gasteiger partial charge in [-0.1, -0.05) is 92.7 Å². The molecule has 3 nitrogen and oxygen atoms in total.